The summed E-state index contributed by atoms with van der Waals surface area (Å²) in [5.74, 6) is 0.659. The molecule has 2 aliphatic rings. The van der Waals surface area contributed by atoms with Gasteiger partial charge in [-0.25, -0.2) is 19.9 Å². The lowest BCUT2D eigenvalue weighted by Gasteiger charge is -2.32. The number of rotatable bonds is 6. The Kier molecular flexibility index (Phi) is 7.10. The van der Waals surface area contributed by atoms with Crippen LogP contribution in [0.4, 0.5) is 0 Å². The third-order valence-corrected chi connectivity index (χ3v) is 7.67. The van der Waals surface area contributed by atoms with E-state index >= 15 is 0 Å². The van der Waals surface area contributed by atoms with Crippen LogP contribution in [-0.4, -0.2) is 60.8 Å². The Balaban J connectivity index is 1.31. The topological polar surface area (TPSA) is 89.2 Å². The van der Waals surface area contributed by atoms with Crippen molar-refractivity contribution in [3.05, 3.63) is 76.4 Å². The van der Waals surface area contributed by atoms with E-state index in [1.165, 1.54) is 5.56 Å². The number of imidazole rings is 1. The molecule has 0 aliphatic carbocycles. The SMILES string of the molecule is OCc1cccc(-c2nc(C3=CCOCC3)c3ncn(C4CCN(Cc5ccc(Br)nc5)CC4)c3n2)c1. The van der Waals surface area contributed by atoms with Gasteiger partial charge >= 0.3 is 0 Å². The molecule has 1 N–H and O–H groups in total. The highest BCUT2D eigenvalue weighted by molar-refractivity contribution is 9.10. The second-order valence-corrected chi connectivity index (χ2v) is 10.4. The standard InChI is InChI=1S/C28H29BrN6O2/c29-24-5-4-20(15-30-24)16-34-10-6-23(7-11-34)35-18-31-26-25(21-8-12-37-13-9-21)32-27(33-28(26)35)22-3-1-2-19(14-22)17-36/h1-5,8,14-15,18,23,36H,6-7,9-13,16-17H2. The third kappa shape index (κ3) is 5.22. The molecule has 2 aliphatic heterocycles. The highest BCUT2D eigenvalue weighted by Crippen LogP contribution is 2.32. The van der Waals surface area contributed by atoms with Crippen LogP contribution in [-0.2, 0) is 17.9 Å². The van der Waals surface area contributed by atoms with Crippen LogP contribution >= 0.6 is 15.9 Å². The molecule has 190 valence electrons. The van der Waals surface area contributed by atoms with Crippen LogP contribution < -0.4 is 0 Å². The predicted molar refractivity (Wildman–Crippen MR) is 146 cm³/mol. The van der Waals surface area contributed by atoms with Gasteiger partial charge in [0, 0.05) is 37.4 Å². The van der Waals surface area contributed by atoms with E-state index in [1.807, 2.05) is 42.9 Å². The summed E-state index contributed by atoms with van der Waals surface area (Å²) in [7, 11) is 0. The molecule has 4 aromatic rings. The van der Waals surface area contributed by atoms with Crippen molar-refractivity contribution < 1.29 is 9.84 Å². The van der Waals surface area contributed by atoms with Crippen LogP contribution in [0.2, 0.25) is 0 Å². The van der Waals surface area contributed by atoms with Gasteiger partial charge in [0.2, 0.25) is 0 Å². The number of aliphatic hydroxyl groups is 1. The Labute approximate surface area is 224 Å². The number of hydrogen-bond acceptors (Lipinski definition) is 7. The van der Waals surface area contributed by atoms with Crippen molar-refractivity contribution in [2.24, 2.45) is 0 Å². The number of aromatic nitrogens is 5. The first-order valence-electron chi connectivity index (χ1n) is 12.7. The zero-order chi connectivity index (χ0) is 25.2. The van der Waals surface area contributed by atoms with E-state index in [-0.39, 0.29) is 6.61 Å². The van der Waals surface area contributed by atoms with Crippen LogP contribution in [0.5, 0.6) is 0 Å². The van der Waals surface area contributed by atoms with Gasteiger partial charge in [0.15, 0.2) is 11.5 Å². The number of fused-ring (bicyclic) bond motifs is 1. The first kappa shape index (κ1) is 24.4. The maximum atomic E-state index is 9.66. The molecule has 8 nitrogen and oxygen atoms in total. The summed E-state index contributed by atoms with van der Waals surface area (Å²) in [6.45, 7) is 4.17. The number of likely N-dealkylation sites (tertiary alicyclic amines) is 1. The largest absolute Gasteiger partial charge is 0.392 e. The van der Waals surface area contributed by atoms with Gasteiger partial charge in [-0.3, -0.25) is 4.90 Å². The molecule has 1 aromatic carbocycles. The second-order valence-electron chi connectivity index (χ2n) is 9.63. The minimum absolute atomic E-state index is 0.0156. The molecule has 6 rings (SSSR count). The average Bonchev–Trinajstić information content (AvgIpc) is 3.39. The number of piperidine rings is 1. The molecule has 0 saturated carbocycles. The summed E-state index contributed by atoms with van der Waals surface area (Å²) in [5, 5.41) is 9.66. The fourth-order valence-corrected chi connectivity index (χ4v) is 5.44. The smallest absolute Gasteiger partial charge is 0.164 e. The molecular weight excluding hydrogens is 532 g/mol. The lowest BCUT2D eigenvalue weighted by Crippen LogP contribution is -2.34. The average molecular weight is 561 g/mol. The van der Waals surface area contributed by atoms with Crippen LogP contribution in [0, 0.1) is 0 Å². The van der Waals surface area contributed by atoms with Gasteiger partial charge in [-0.15, -0.1) is 0 Å². The van der Waals surface area contributed by atoms with Crippen LogP contribution in [0.15, 0.2) is 59.6 Å². The number of hydrogen-bond donors (Lipinski definition) is 1. The summed E-state index contributed by atoms with van der Waals surface area (Å²) >= 11 is 3.41. The van der Waals surface area contributed by atoms with Crippen molar-refractivity contribution in [2.45, 2.75) is 38.5 Å². The number of pyridine rings is 1. The molecule has 37 heavy (non-hydrogen) atoms. The van der Waals surface area contributed by atoms with Gasteiger partial charge in [0.05, 0.1) is 31.8 Å². The van der Waals surface area contributed by atoms with Crippen molar-refractivity contribution in [3.63, 3.8) is 0 Å². The molecule has 0 spiro atoms. The number of benzene rings is 1. The Morgan fingerprint density at radius 1 is 1.05 bits per heavy atom. The molecule has 9 heteroatoms. The zero-order valence-corrected chi connectivity index (χ0v) is 22.1. The Bertz CT molecular complexity index is 1430. The quantitative estimate of drug-likeness (QED) is 0.339. The highest BCUT2D eigenvalue weighted by Gasteiger charge is 2.25. The maximum absolute atomic E-state index is 9.66. The lowest BCUT2D eigenvalue weighted by molar-refractivity contribution is 0.161. The first-order valence-corrected chi connectivity index (χ1v) is 13.5. The van der Waals surface area contributed by atoms with Crippen LogP contribution in [0.1, 0.15) is 42.1 Å². The second kappa shape index (κ2) is 10.8. The summed E-state index contributed by atoms with van der Waals surface area (Å²) in [4.78, 5) is 21.7. The minimum atomic E-state index is -0.0156. The van der Waals surface area contributed by atoms with Crippen molar-refractivity contribution in [2.75, 3.05) is 26.3 Å². The van der Waals surface area contributed by atoms with Crippen LogP contribution in [0.3, 0.4) is 0 Å². The van der Waals surface area contributed by atoms with E-state index in [2.05, 4.69) is 42.5 Å². The summed E-state index contributed by atoms with van der Waals surface area (Å²) in [5.41, 5.74) is 6.73. The van der Waals surface area contributed by atoms with E-state index in [9.17, 15) is 5.11 Å². The van der Waals surface area contributed by atoms with E-state index in [1.54, 1.807) is 0 Å². The molecule has 5 heterocycles. The molecular formula is C28H29BrN6O2. The van der Waals surface area contributed by atoms with Gasteiger partial charge in [-0.2, -0.15) is 0 Å². The van der Waals surface area contributed by atoms with E-state index in [4.69, 9.17) is 19.7 Å². The van der Waals surface area contributed by atoms with Gasteiger partial charge in [0.25, 0.3) is 0 Å². The van der Waals surface area contributed by atoms with Gasteiger partial charge in [0.1, 0.15) is 10.1 Å². The molecule has 3 aromatic heterocycles. The number of halogens is 1. The maximum Gasteiger partial charge on any atom is 0.164 e. The van der Waals surface area contributed by atoms with Crippen molar-refractivity contribution in [1.29, 1.82) is 0 Å². The molecule has 0 amide bonds. The molecule has 0 radical (unpaired) electrons. The fourth-order valence-electron chi connectivity index (χ4n) is 5.20. The summed E-state index contributed by atoms with van der Waals surface area (Å²) in [6, 6.07) is 12.3. The third-order valence-electron chi connectivity index (χ3n) is 7.20. The molecule has 0 atom stereocenters. The molecule has 0 unspecified atom stereocenters. The normalized spacial score (nSPS) is 17.3. The Morgan fingerprint density at radius 2 is 1.95 bits per heavy atom. The molecule has 1 fully saturated rings. The predicted octanol–water partition coefficient (Wildman–Crippen LogP) is 4.78. The van der Waals surface area contributed by atoms with E-state index < -0.39 is 0 Å². The summed E-state index contributed by atoms with van der Waals surface area (Å²) < 4.78 is 8.66. The van der Waals surface area contributed by atoms with Gasteiger partial charge in [-0.1, -0.05) is 30.3 Å². The number of ether oxygens (including phenoxy) is 1. The number of aliphatic hydroxyl groups excluding tert-OH is 1. The van der Waals surface area contributed by atoms with Gasteiger partial charge in [-0.05, 0) is 64.0 Å². The highest BCUT2D eigenvalue weighted by atomic mass is 79.9. The lowest BCUT2D eigenvalue weighted by atomic mass is 10.0. The molecule has 1 saturated heterocycles. The molecule has 0 bridgehead atoms. The van der Waals surface area contributed by atoms with Crippen LogP contribution in [0.25, 0.3) is 28.1 Å². The van der Waals surface area contributed by atoms with Gasteiger partial charge < -0.3 is 14.4 Å². The minimum Gasteiger partial charge on any atom is -0.392 e. The van der Waals surface area contributed by atoms with Crippen molar-refractivity contribution >= 4 is 32.7 Å². The van der Waals surface area contributed by atoms with Crippen molar-refractivity contribution in [1.82, 2.24) is 29.4 Å². The number of nitrogens with zero attached hydrogens (tertiary/aromatic N) is 6. The van der Waals surface area contributed by atoms with Crippen molar-refractivity contribution in [3.8, 4) is 11.4 Å². The zero-order valence-electron chi connectivity index (χ0n) is 20.6. The monoisotopic (exact) mass is 560 g/mol. The summed E-state index contributed by atoms with van der Waals surface area (Å²) in [6.07, 6.45) is 8.85. The Hall–Kier alpha value is -2.98. The fraction of sp³-hybridized carbons (Fsp3) is 0.357. The van der Waals surface area contributed by atoms with E-state index in [0.29, 0.717) is 25.1 Å². The first-order chi connectivity index (χ1) is 18.2. The Morgan fingerprint density at radius 3 is 2.70 bits per heavy atom. The van der Waals surface area contributed by atoms with E-state index in [0.717, 1.165) is 77.1 Å².